The van der Waals surface area contributed by atoms with Crippen LogP contribution in [-0.4, -0.2) is 39.3 Å². The Balaban J connectivity index is 1.59. The van der Waals surface area contributed by atoms with E-state index < -0.39 is 12.0 Å². The lowest BCUT2D eigenvalue weighted by molar-refractivity contribution is -0.130. The van der Waals surface area contributed by atoms with Crippen molar-refractivity contribution in [1.29, 1.82) is 0 Å². The minimum Gasteiger partial charge on any atom is -0.368 e. The van der Waals surface area contributed by atoms with Gasteiger partial charge in [0.1, 0.15) is 12.4 Å². The lowest BCUT2D eigenvalue weighted by Crippen LogP contribution is -2.46. The number of hydrogen-bond donors (Lipinski definition) is 2. The van der Waals surface area contributed by atoms with E-state index in [2.05, 4.69) is 20.9 Å². The maximum absolute atomic E-state index is 11.9. The Morgan fingerprint density at radius 2 is 2.05 bits per heavy atom. The minimum absolute atomic E-state index is 0.0310. The number of amides is 2. The molecule has 2 amide bonds. The largest absolute Gasteiger partial charge is 0.368 e. The number of hydrazine groups is 1. The van der Waals surface area contributed by atoms with Gasteiger partial charge in [-0.15, -0.1) is 5.10 Å². The van der Waals surface area contributed by atoms with Crippen molar-refractivity contribution < 1.29 is 14.3 Å². The summed E-state index contributed by atoms with van der Waals surface area (Å²) >= 11 is 0. The highest BCUT2D eigenvalue weighted by atomic mass is 16.5. The summed E-state index contributed by atoms with van der Waals surface area (Å²) in [5.74, 6) is -0.981. The quantitative estimate of drug-likeness (QED) is 0.790. The Bertz CT molecular complexity index is 664. The Morgan fingerprint density at radius 3 is 2.77 bits per heavy atom. The van der Waals surface area contributed by atoms with Crippen molar-refractivity contribution in [2.24, 2.45) is 0 Å². The molecule has 0 unspecified atom stereocenters. The first-order valence-corrected chi connectivity index (χ1v) is 6.93. The van der Waals surface area contributed by atoms with E-state index in [1.807, 2.05) is 30.3 Å². The van der Waals surface area contributed by atoms with E-state index in [-0.39, 0.29) is 11.7 Å². The average Bonchev–Trinajstić information content (AvgIpc) is 3.24. The van der Waals surface area contributed by atoms with Crippen molar-refractivity contribution in [3.63, 3.8) is 0 Å². The van der Waals surface area contributed by atoms with Crippen LogP contribution in [0.4, 0.5) is 0 Å². The van der Waals surface area contributed by atoms with Crippen LogP contribution in [0.5, 0.6) is 0 Å². The predicted molar refractivity (Wildman–Crippen MR) is 75.9 cm³/mol. The van der Waals surface area contributed by atoms with Gasteiger partial charge in [-0.2, -0.15) is 0 Å². The highest BCUT2D eigenvalue weighted by molar-refractivity contribution is 5.92. The van der Waals surface area contributed by atoms with E-state index in [0.29, 0.717) is 13.0 Å². The maximum atomic E-state index is 11.9. The molecule has 8 nitrogen and oxygen atoms in total. The van der Waals surface area contributed by atoms with Gasteiger partial charge in [-0.3, -0.25) is 20.4 Å². The van der Waals surface area contributed by atoms with Gasteiger partial charge in [0.25, 0.3) is 5.91 Å². The summed E-state index contributed by atoms with van der Waals surface area (Å²) in [5, 5.41) is 4.07. The van der Waals surface area contributed by atoms with Gasteiger partial charge >= 0.3 is 5.91 Å². The standard InChI is InChI=1S/C14H15N5O3/c20-13(11-7-4-8-22-11)16-17-14(21)12-15-9-19(18-12)10-5-2-1-3-6-10/h1-3,5-6,9,11H,4,7-8H2,(H,16,20)(H,17,21)/t11-/m1/s1. The zero-order valence-corrected chi connectivity index (χ0v) is 11.7. The number of ether oxygens (including phenoxy) is 1. The highest BCUT2D eigenvalue weighted by Crippen LogP contribution is 2.11. The molecular weight excluding hydrogens is 286 g/mol. The summed E-state index contributed by atoms with van der Waals surface area (Å²) < 4.78 is 6.70. The van der Waals surface area contributed by atoms with E-state index in [1.54, 1.807) is 0 Å². The fourth-order valence-electron chi connectivity index (χ4n) is 2.11. The fraction of sp³-hybridized carbons (Fsp3) is 0.286. The van der Waals surface area contributed by atoms with Crippen LogP contribution in [-0.2, 0) is 9.53 Å². The molecule has 2 heterocycles. The molecule has 1 aliphatic heterocycles. The molecule has 0 radical (unpaired) electrons. The predicted octanol–water partition coefficient (Wildman–Crippen LogP) is 0.207. The molecule has 114 valence electrons. The van der Waals surface area contributed by atoms with E-state index in [1.165, 1.54) is 11.0 Å². The molecule has 3 rings (SSSR count). The molecule has 8 heteroatoms. The van der Waals surface area contributed by atoms with Crippen LogP contribution in [0.25, 0.3) is 5.69 Å². The molecule has 0 saturated carbocycles. The van der Waals surface area contributed by atoms with Crippen molar-refractivity contribution in [1.82, 2.24) is 25.6 Å². The smallest absolute Gasteiger partial charge is 0.309 e. The molecule has 0 aliphatic carbocycles. The fourth-order valence-corrected chi connectivity index (χ4v) is 2.11. The number of carbonyl (C=O) groups excluding carboxylic acids is 2. The summed E-state index contributed by atoms with van der Waals surface area (Å²) in [4.78, 5) is 27.5. The molecule has 22 heavy (non-hydrogen) atoms. The van der Waals surface area contributed by atoms with Crippen molar-refractivity contribution >= 4 is 11.8 Å². The number of nitrogens with one attached hydrogen (secondary N) is 2. The molecule has 2 N–H and O–H groups in total. The molecular formula is C14H15N5O3. The van der Waals surface area contributed by atoms with Gasteiger partial charge in [0.2, 0.25) is 5.82 Å². The van der Waals surface area contributed by atoms with Crippen LogP contribution in [0.2, 0.25) is 0 Å². The number of benzene rings is 1. The van der Waals surface area contributed by atoms with Crippen LogP contribution >= 0.6 is 0 Å². The van der Waals surface area contributed by atoms with Crippen molar-refractivity contribution in [2.45, 2.75) is 18.9 Å². The number of para-hydroxylation sites is 1. The van der Waals surface area contributed by atoms with Gasteiger partial charge < -0.3 is 4.74 Å². The summed E-state index contributed by atoms with van der Waals surface area (Å²) in [6.07, 6.45) is 2.43. The molecule has 1 saturated heterocycles. The van der Waals surface area contributed by atoms with Crippen molar-refractivity contribution in [3.05, 3.63) is 42.5 Å². The minimum atomic E-state index is -0.582. The van der Waals surface area contributed by atoms with Gasteiger partial charge in [-0.25, -0.2) is 9.67 Å². The third kappa shape index (κ3) is 3.12. The molecule has 1 aromatic heterocycles. The van der Waals surface area contributed by atoms with Crippen LogP contribution in [0.3, 0.4) is 0 Å². The molecule has 1 atom stereocenters. The average molecular weight is 301 g/mol. The summed E-state index contributed by atoms with van der Waals surface area (Å²) in [5.41, 5.74) is 5.39. The topological polar surface area (TPSA) is 98.1 Å². The molecule has 1 aliphatic rings. The zero-order valence-electron chi connectivity index (χ0n) is 11.7. The number of nitrogens with zero attached hydrogens (tertiary/aromatic N) is 3. The third-order valence-corrected chi connectivity index (χ3v) is 3.24. The van der Waals surface area contributed by atoms with E-state index >= 15 is 0 Å². The van der Waals surface area contributed by atoms with Crippen molar-refractivity contribution in [2.75, 3.05) is 6.61 Å². The Hall–Kier alpha value is -2.74. The Morgan fingerprint density at radius 1 is 1.23 bits per heavy atom. The SMILES string of the molecule is O=C(NNC(=O)[C@H]1CCCO1)c1ncn(-c2ccccc2)n1. The number of rotatable bonds is 3. The van der Waals surface area contributed by atoms with Crippen LogP contribution in [0.15, 0.2) is 36.7 Å². The molecule has 2 aromatic rings. The summed E-state index contributed by atoms with van der Waals surface area (Å²) in [6, 6.07) is 9.29. The van der Waals surface area contributed by atoms with Crippen LogP contribution in [0, 0.1) is 0 Å². The van der Waals surface area contributed by atoms with Gasteiger partial charge in [0.05, 0.1) is 5.69 Å². The first-order chi connectivity index (χ1) is 10.7. The van der Waals surface area contributed by atoms with Crippen molar-refractivity contribution in [3.8, 4) is 5.69 Å². The lowest BCUT2D eigenvalue weighted by Gasteiger charge is -2.10. The highest BCUT2D eigenvalue weighted by Gasteiger charge is 2.24. The molecule has 0 spiro atoms. The normalized spacial score (nSPS) is 17.2. The van der Waals surface area contributed by atoms with Gasteiger partial charge in [0, 0.05) is 6.61 Å². The second-order valence-electron chi connectivity index (χ2n) is 4.79. The maximum Gasteiger partial charge on any atom is 0.309 e. The molecule has 1 fully saturated rings. The first kappa shape index (κ1) is 14.2. The van der Waals surface area contributed by atoms with Gasteiger partial charge in [-0.1, -0.05) is 18.2 Å². The first-order valence-electron chi connectivity index (χ1n) is 6.93. The monoisotopic (exact) mass is 301 g/mol. The van der Waals surface area contributed by atoms with Gasteiger partial charge in [0.15, 0.2) is 0 Å². The van der Waals surface area contributed by atoms with E-state index in [9.17, 15) is 9.59 Å². The number of aromatic nitrogens is 3. The number of hydrogen-bond acceptors (Lipinski definition) is 5. The van der Waals surface area contributed by atoms with Gasteiger partial charge in [-0.05, 0) is 25.0 Å². The van der Waals surface area contributed by atoms with Crippen LogP contribution in [0.1, 0.15) is 23.5 Å². The molecule has 0 bridgehead atoms. The summed E-state index contributed by atoms with van der Waals surface area (Å²) in [7, 11) is 0. The third-order valence-electron chi connectivity index (χ3n) is 3.24. The number of carbonyl (C=O) groups is 2. The lowest BCUT2D eigenvalue weighted by atomic mass is 10.2. The van der Waals surface area contributed by atoms with Crippen LogP contribution < -0.4 is 10.9 Å². The summed E-state index contributed by atoms with van der Waals surface area (Å²) in [6.45, 7) is 0.565. The Kier molecular flexibility index (Phi) is 4.10. The molecule has 1 aromatic carbocycles. The van der Waals surface area contributed by atoms with E-state index in [0.717, 1.165) is 12.1 Å². The zero-order chi connectivity index (χ0) is 15.4. The Labute approximate surface area is 126 Å². The van der Waals surface area contributed by atoms with E-state index in [4.69, 9.17) is 4.74 Å². The second kappa shape index (κ2) is 6.35. The second-order valence-corrected chi connectivity index (χ2v) is 4.79.